The highest BCUT2D eigenvalue weighted by atomic mass is 127. The lowest BCUT2D eigenvalue weighted by Crippen LogP contribution is -2.38. The highest BCUT2D eigenvalue weighted by Crippen LogP contribution is 2.27. The van der Waals surface area contributed by atoms with E-state index in [0.29, 0.717) is 6.54 Å². The van der Waals surface area contributed by atoms with E-state index in [-0.39, 0.29) is 24.0 Å². The Hall–Kier alpha value is -1.26. The molecule has 0 bridgehead atoms. The topological polar surface area (TPSA) is 67.4 Å². The van der Waals surface area contributed by atoms with Crippen LogP contribution >= 0.6 is 24.0 Å². The smallest absolute Gasteiger partial charge is 0.191 e. The highest BCUT2D eigenvalue weighted by Gasteiger charge is 2.05. The third-order valence-electron chi connectivity index (χ3n) is 3.82. The van der Waals surface area contributed by atoms with Crippen LogP contribution in [0.4, 0.5) is 0 Å². The minimum absolute atomic E-state index is 0. The Kier molecular flexibility index (Phi) is 14.1. The lowest BCUT2D eigenvalue weighted by molar-refractivity contribution is 0.161. The van der Waals surface area contributed by atoms with E-state index >= 15 is 0 Å². The molecule has 26 heavy (non-hydrogen) atoms. The van der Waals surface area contributed by atoms with Crippen molar-refractivity contribution in [3.8, 4) is 11.5 Å². The number of hydrogen-bond donors (Lipinski definition) is 2. The molecule has 8 heteroatoms. The molecule has 1 rings (SSSR count). The summed E-state index contributed by atoms with van der Waals surface area (Å²) in [7, 11) is 8.87. The van der Waals surface area contributed by atoms with Gasteiger partial charge in [0.2, 0.25) is 0 Å². The van der Waals surface area contributed by atoms with Crippen LogP contribution in [0, 0.1) is 0 Å². The van der Waals surface area contributed by atoms with Crippen molar-refractivity contribution in [2.24, 2.45) is 4.99 Å². The van der Waals surface area contributed by atoms with Crippen LogP contribution in [-0.2, 0) is 11.3 Å². The molecule has 0 aliphatic carbocycles. The molecule has 0 aliphatic heterocycles. The van der Waals surface area contributed by atoms with Crippen molar-refractivity contribution >= 4 is 29.9 Å². The van der Waals surface area contributed by atoms with E-state index in [4.69, 9.17) is 14.2 Å². The van der Waals surface area contributed by atoms with Crippen molar-refractivity contribution in [1.82, 2.24) is 15.5 Å². The second-order valence-corrected chi connectivity index (χ2v) is 5.69. The number of rotatable bonds is 11. The van der Waals surface area contributed by atoms with E-state index in [1.165, 1.54) is 0 Å². The summed E-state index contributed by atoms with van der Waals surface area (Å²) in [5, 5.41) is 6.63. The van der Waals surface area contributed by atoms with Gasteiger partial charge >= 0.3 is 0 Å². The molecule has 0 atom stereocenters. The summed E-state index contributed by atoms with van der Waals surface area (Å²) < 4.78 is 15.7. The van der Waals surface area contributed by atoms with Gasteiger partial charge in [-0.15, -0.1) is 24.0 Å². The molecule has 0 aliphatic rings. The van der Waals surface area contributed by atoms with Crippen molar-refractivity contribution < 1.29 is 14.2 Å². The molecule has 0 aromatic heterocycles. The summed E-state index contributed by atoms with van der Waals surface area (Å²) in [6.45, 7) is 4.25. The summed E-state index contributed by atoms with van der Waals surface area (Å²) in [6.07, 6.45) is 1.04. The fourth-order valence-electron chi connectivity index (χ4n) is 2.31. The standard InChI is InChI=1S/C18H32N4O3.HI/c1-19-18(20-9-6-10-22(2)11-12-23-3)21-14-15-7-8-16(24-4)17(13-15)25-5;/h7-8,13H,6,9-12,14H2,1-5H3,(H2,19,20,21);1H. The maximum Gasteiger partial charge on any atom is 0.191 e. The van der Waals surface area contributed by atoms with Crippen molar-refractivity contribution in [1.29, 1.82) is 0 Å². The van der Waals surface area contributed by atoms with Gasteiger partial charge in [0.15, 0.2) is 17.5 Å². The van der Waals surface area contributed by atoms with Gasteiger partial charge in [0.1, 0.15) is 0 Å². The number of aliphatic imine (C=N–C) groups is 1. The molecule has 0 amide bonds. The first kappa shape index (κ1) is 24.7. The van der Waals surface area contributed by atoms with Gasteiger partial charge in [0.25, 0.3) is 0 Å². The predicted molar refractivity (Wildman–Crippen MR) is 117 cm³/mol. The Morgan fingerprint density at radius 2 is 1.81 bits per heavy atom. The van der Waals surface area contributed by atoms with E-state index in [1.54, 1.807) is 28.4 Å². The highest BCUT2D eigenvalue weighted by molar-refractivity contribution is 14.0. The van der Waals surface area contributed by atoms with E-state index < -0.39 is 0 Å². The molecule has 0 radical (unpaired) electrons. The first-order chi connectivity index (χ1) is 12.1. The molecule has 0 heterocycles. The Labute approximate surface area is 174 Å². The number of hydrogen-bond acceptors (Lipinski definition) is 5. The number of methoxy groups -OCH3 is 3. The molecule has 0 saturated heterocycles. The van der Waals surface area contributed by atoms with Crippen LogP contribution in [-0.4, -0.2) is 72.5 Å². The molecule has 150 valence electrons. The molecule has 0 unspecified atom stereocenters. The fraction of sp³-hybridized carbons (Fsp3) is 0.611. The predicted octanol–water partition coefficient (Wildman–Crippen LogP) is 1.96. The Bertz CT molecular complexity index is 529. The number of likely N-dealkylation sites (N-methyl/N-ethyl adjacent to an activating group) is 1. The zero-order valence-corrected chi connectivity index (χ0v) is 18.8. The number of benzene rings is 1. The summed E-state index contributed by atoms with van der Waals surface area (Å²) in [5.74, 6) is 2.24. The molecule has 1 aromatic rings. The maximum atomic E-state index is 5.33. The second kappa shape index (κ2) is 14.9. The van der Waals surface area contributed by atoms with Crippen LogP contribution in [0.2, 0.25) is 0 Å². The number of guanidine groups is 1. The van der Waals surface area contributed by atoms with Crippen molar-refractivity contribution in [3.63, 3.8) is 0 Å². The van der Waals surface area contributed by atoms with Crippen molar-refractivity contribution in [3.05, 3.63) is 23.8 Å². The first-order valence-corrected chi connectivity index (χ1v) is 8.47. The van der Waals surface area contributed by atoms with E-state index in [0.717, 1.165) is 55.7 Å². The van der Waals surface area contributed by atoms with Gasteiger partial charge in [-0.05, 0) is 37.7 Å². The third kappa shape index (κ3) is 9.44. The van der Waals surface area contributed by atoms with Gasteiger partial charge in [-0.2, -0.15) is 0 Å². The lowest BCUT2D eigenvalue weighted by Gasteiger charge is -2.17. The van der Waals surface area contributed by atoms with Gasteiger partial charge in [-0.1, -0.05) is 6.07 Å². The Morgan fingerprint density at radius 3 is 2.42 bits per heavy atom. The molecule has 1 aromatic carbocycles. The van der Waals surface area contributed by atoms with E-state index in [9.17, 15) is 0 Å². The zero-order chi connectivity index (χ0) is 18.5. The average molecular weight is 480 g/mol. The molecule has 7 nitrogen and oxygen atoms in total. The molecule has 0 saturated carbocycles. The van der Waals surface area contributed by atoms with E-state index in [2.05, 4.69) is 27.6 Å². The van der Waals surface area contributed by atoms with Gasteiger partial charge in [0, 0.05) is 33.8 Å². The fourth-order valence-corrected chi connectivity index (χ4v) is 2.31. The van der Waals surface area contributed by atoms with Gasteiger partial charge in [-0.25, -0.2) is 0 Å². The van der Waals surface area contributed by atoms with Crippen LogP contribution < -0.4 is 20.1 Å². The van der Waals surface area contributed by atoms with Gasteiger partial charge in [-0.3, -0.25) is 4.99 Å². The van der Waals surface area contributed by atoms with Crippen LogP contribution in [0.1, 0.15) is 12.0 Å². The number of nitrogens with zero attached hydrogens (tertiary/aromatic N) is 2. The summed E-state index contributed by atoms with van der Waals surface area (Å²) in [6, 6.07) is 5.87. The Balaban J connectivity index is 0.00000625. The summed E-state index contributed by atoms with van der Waals surface area (Å²) >= 11 is 0. The third-order valence-corrected chi connectivity index (χ3v) is 3.82. The molecule has 2 N–H and O–H groups in total. The SMILES string of the molecule is CN=C(NCCCN(C)CCOC)NCc1ccc(OC)c(OC)c1.I. The Morgan fingerprint density at radius 1 is 1.08 bits per heavy atom. The quantitative estimate of drug-likeness (QED) is 0.219. The largest absolute Gasteiger partial charge is 0.493 e. The average Bonchev–Trinajstić information content (AvgIpc) is 2.65. The minimum atomic E-state index is 0. The molecule has 0 fully saturated rings. The van der Waals surface area contributed by atoms with Crippen LogP contribution in [0.5, 0.6) is 11.5 Å². The number of nitrogens with one attached hydrogen (secondary N) is 2. The van der Waals surface area contributed by atoms with Crippen LogP contribution in [0.3, 0.4) is 0 Å². The minimum Gasteiger partial charge on any atom is -0.493 e. The van der Waals surface area contributed by atoms with Crippen LogP contribution in [0.25, 0.3) is 0 Å². The maximum absolute atomic E-state index is 5.33. The summed E-state index contributed by atoms with van der Waals surface area (Å²) in [4.78, 5) is 6.51. The second-order valence-electron chi connectivity index (χ2n) is 5.69. The normalized spacial score (nSPS) is 11.1. The lowest BCUT2D eigenvalue weighted by atomic mass is 10.2. The molecular weight excluding hydrogens is 447 g/mol. The zero-order valence-electron chi connectivity index (χ0n) is 16.5. The van der Waals surface area contributed by atoms with Crippen molar-refractivity contribution in [2.75, 3.05) is 61.7 Å². The molecule has 0 spiro atoms. The molecular formula is C18H33IN4O3. The first-order valence-electron chi connectivity index (χ1n) is 8.47. The van der Waals surface area contributed by atoms with Crippen LogP contribution in [0.15, 0.2) is 23.2 Å². The van der Waals surface area contributed by atoms with Gasteiger partial charge < -0.3 is 29.7 Å². The monoisotopic (exact) mass is 480 g/mol. The summed E-state index contributed by atoms with van der Waals surface area (Å²) in [5.41, 5.74) is 1.10. The van der Waals surface area contributed by atoms with E-state index in [1.807, 2.05) is 18.2 Å². The van der Waals surface area contributed by atoms with Crippen molar-refractivity contribution in [2.45, 2.75) is 13.0 Å². The number of ether oxygens (including phenoxy) is 3. The van der Waals surface area contributed by atoms with Gasteiger partial charge in [0.05, 0.1) is 20.8 Å². The number of halogens is 1.